The molecule has 0 unspecified atom stereocenters. The molecule has 0 aliphatic carbocycles. The second-order valence-electron chi connectivity index (χ2n) is 5.23. The van der Waals surface area contributed by atoms with Gasteiger partial charge in [0.25, 0.3) is 0 Å². The van der Waals surface area contributed by atoms with E-state index in [-0.39, 0.29) is 32.7 Å². The minimum Gasteiger partial charge on any atom is -0.454 e. The van der Waals surface area contributed by atoms with Crippen molar-refractivity contribution in [1.82, 2.24) is 0 Å². The van der Waals surface area contributed by atoms with Crippen LogP contribution in [0, 0.1) is 22.7 Å². The van der Waals surface area contributed by atoms with Gasteiger partial charge >= 0.3 is 0 Å². The molecule has 7 heteroatoms. The monoisotopic (exact) mass is 430 g/mol. The second-order valence-corrected chi connectivity index (χ2v) is 7.51. The number of halogens is 3. The molecular weight excluding hydrogens is 423 g/mol. The van der Waals surface area contributed by atoms with Crippen LogP contribution < -0.4 is 4.74 Å². The molecule has 3 aromatic carbocycles. The molecule has 0 saturated carbocycles. The lowest BCUT2D eigenvalue weighted by molar-refractivity contribution is 0.480. The number of rotatable bonds is 4. The van der Waals surface area contributed by atoms with Crippen molar-refractivity contribution in [2.75, 3.05) is 0 Å². The lowest BCUT2D eigenvalue weighted by Crippen LogP contribution is -1.95. The van der Waals surface area contributed by atoms with Gasteiger partial charge in [0, 0.05) is 9.79 Å². The van der Waals surface area contributed by atoms with Crippen molar-refractivity contribution in [3.05, 3.63) is 80.8 Å². The molecule has 0 radical (unpaired) electrons. The zero-order chi connectivity index (χ0) is 19.4. The summed E-state index contributed by atoms with van der Waals surface area (Å²) >= 11 is 19.9. The van der Waals surface area contributed by atoms with Crippen LogP contribution in [-0.4, -0.2) is 0 Å². The van der Waals surface area contributed by atoms with Crippen molar-refractivity contribution in [3.63, 3.8) is 0 Å². The summed E-state index contributed by atoms with van der Waals surface area (Å²) in [5, 5.41) is 19.8. The van der Waals surface area contributed by atoms with Crippen molar-refractivity contribution in [1.29, 1.82) is 10.5 Å². The Bertz CT molecular complexity index is 1090. The smallest absolute Gasteiger partial charge is 0.147 e. The van der Waals surface area contributed by atoms with E-state index in [0.29, 0.717) is 9.92 Å². The summed E-state index contributed by atoms with van der Waals surface area (Å²) < 4.78 is 5.83. The van der Waals surface area contributed by atoms with Crippen LogP contribution in [0.25, 0.3) is 0 Å². The number of nitrogens with zero attached hydrogens (tertiary/aromatic N) is 2. The standard InChI is InChI=1S/C20H9Cl3N2OS/c21-15-7-4-8-16(20(15)23)26-17-9-18(27-12-5-2-1-3-6-12)19(22)14(11-25)13(17)10-24/h1-9H. The molecule has 0 heterocycles. The molecule has 0 aliphatic heterocycles. The molecule has 0 aliphatic rings. The molecule has 0 saturated heterocycles. The highest BCUT2D eigenvalue weighted by Crippen LogP contribution is 2.43. The van der Waals surface area contributed by atoms with Gasteiger partial charge in [0.2, 0.25) is 0 Å². The maximum atomic E-state index is 9.53. The van der Waals surface area contributed by atoms with Crippen LogP contribution in [0.5, 0.6) is 11.5 Å². The second kappa shape index (κ2) is 8.57. The average molecular weight is 432 g/mol. The fourth-order valence-corrected chi connectivity index (χ4v) is 3.82. The van der Waals surface area contributed by atoms with Gasteiger partial charge in [0.15, 0.2) is 0 Å². The lowest BCUT2D eigenvalue weighted by Gasteiger charge is -2.14. The van der Waals surface area contributed by atoms with Crippen molar-refractivity contribution in [2.24, 2.45) is 0 Å². The quantitative estimate of drug-likeness (QED) is 0.434. The van der Waals surface area contributed by atoms with Gasteiger partial charge in [0.1, 0.15) is 34.2 Å². The van der Waals surface area contributed by atoms with E-state index < -0.39 is 0 Å². The Morgan fingerprint density at radius 3 is 2.15 bits per heavy atom. The summed E-state index contributed by atoms with van der Waals surface area (Å²) in [5.41, 5.74) is 0.0872. The van der Waals surface area contributed by atoms with Gasteiger partial charge in [-0.1, -0.05) is 70.8 Å². The zero-order valence-corrected chi connectivity index (χ0v) is 16.6. The van der Waals surface area contributed by atoms with Gasteiger partial charge < -0.3 is 4.74 Å². The SMILES string of the molecule is N#Cc1c(Oc2cccc(Cl)c2Cl)cc(Sc2ccccc2)c(Cl)c1C#N. The van der Waals surface area contributed by atoms with Gasteiger partial charge in [-0.3, -0.25) is 0 Å². The average Bonchev–Trinajstić information content (AvgIpc) is 2.68. The first-order valence-corrected chi connectivity index (χ1v) is 9.51. The van der Waals surface area contributed by atoms with Crippen LogP contribution >= 0.6 is 46.6 Å². The number of benzene rings is 3. The van der Waals surface area contributed by atoms with Gasteiger partial charge in [-0.2, -0.15) is 10.5 Å². The van der Waals surface area contributed by atoms with E-state index in [0.717, 1.165) is 4.90 Å². The Balaban J connectivity index is 2.12. The summed E-state index contributed by atoms with van der Waals surface area (Å²) in [6, 6.07) is 20.1. The van der Waals surface area contributed by atoms with Crippen molar-refractivity contribution >= 4 is 46.6 Å². The van der Waals surface area contributed by atoms with Gasteiger partial charge in [-0.05, 0) is 30.3 Å². The predicted molar refractivity (Wildman–Crippen MR) is 108 cm³/mol. The minimum atomic E-state index is 0.0379. The summed E-state index contributed by atoms with van der Waals surface area (Å²) in [5.74, 6) is 0.462. The Morgan fingerprint density at radius 1 is 0.778 bits per heavy atom. The molecule has 3 nitrogen and oxygen atoms in total. The molecule has 0 aromatic heterocycles. The Kier molecular flexibility index (Phi) is 6.16. The van der Waals surface area contributed by atoms with Crippen LogP contribution in [0.15, 0.2) is 64.4 Å². The van der Waals surface area contributed by atoms with E-state index in [1.807, 2.05) is 42.5 Å². The van der Waals surface area contributed by atoms with Crippen molar-refractivity contribution in [2.45, 2.75) is 9.79 Å². The van der Waals surface area contributed by atoms with E-state index in [1.165, 1.54) is 11.8 Å². The largest absolute Gasteiger partial charge is 0.454 e. The number of hydrogen-bond donors (Lipinski definition) is 0. The van der Waals surface area contributed by atoms with Crippen LogP contribution in [0.2, 0.25) is 15.1 Å². The van der Waals surface area contributed by atoms with E-state index in [1.54, 1.807) is 24.3 Å². The fourth-order valence-electron chi connectivity index (χ4n) is 2.28. The third-order valence-electron chi connectivity index (χ3n) is 3.53. The van der Waals surface area contributed by atoms with Crippen molar-refractivity contribution in [3.8, 4) is 23.6 Å². The van der Waals surface area contributed by atoms with E-state index in [2.05, 4.69) is 0 Å². The molecule has 0 atom stereocenters. The maximum Gasteiger partial charge on any atom is 0.147 e. The zero-order valence-electron chi connectivity index (χ0n) is 13.5. The maximum absolute atomic E-state index is 9.53. The number of ether oxygens (including phenoxy) is 1. The third-order valence-corrected chi connectivity index (χ3v) is 5.88. The molecule has 3 rings (SSSR count). The Hall–Kier alpha value is -2.34. The fraction of sp³-hybridized carbons (Fsp3) is 0. The minimum absolute atomic E-state index is 0.0379. The van der Waals surface area contributed by atoms with Crippen LogP contribution in [0.4, 0.5) is 0 Å². The predicted octanol–water partition coefficient (Wildman–Crippen LogP) is 7.33. The topological polar surface area (TPSA) is 56.8 Å². The first-order chi connectivity index (χ1) is 13.0. The molecule has 27 heavy (non-hydrogen) atoms. The third kappa shape index (κ3) is 4.16. The van der Waals surface area contributed by atoms with Crippen LogP contribution in [-0.2, 0) is 0 Å². The first-order valence-electron chi connectivity index (χ1n) is 7.56. The Morgan fingerprint density at radius 2 is 1.48 bits per heavy atom. The van der Waals surface area contributed by atoms with Gasteiger partial charge in [-0.25, -0.2) is 0 Å². The normalized spacial score (nSPS) is 10.1. The molecule has 3 aromatic rings. The molecule has 0 N–H and O–H groups in total. The molecule has 0 spiro atoms. The highest BCUT2D eigenvalue weighted by atomic mass is 35.5. The molecule has 0 amide bonds. The molecule has 132 valence electrons. The van der Waals surface area contributed by atoms with Gasteiger partial charge in [-0.15, -0.1) is 0 Å². The lowest BCUT2D eigenvalue weighted by atomic mass is 10.1. The number of hydrogen-bond acceptors (Lipinski definition) is 4. The summed E-state index contributed by atoms with van der Waals surface area (Å²) in [4.78, 5) is 1.52. The summed E-state index contributed by atoms with van der Waals surface area (Å²) in [6.45, 7) is 0. The first kappa shape index (κ1) is 19.4. The van der Waals surface area contributed by atoms with Crippen molar-refractivity contribution < 1.29 is 4.74 Å². The summed E-state index contributed by atoms with van der Waals surface area (Å²) in [7, 11) is 0. The molecule has 0 bridgehead atoms. The van der Waals surface area contributed by atoms with E-state index in [4.69, 9.17) is 39.5 Å². The van der Waals surface area contributed by atoms with Crippen LogP contribution in [0.1, 0.15) is 11.1 Å². The van der Waals surface area contributed by atoms with Crippen LogP contribution in [0.3, 0.4) is 0 Å². The Labute approximate surface area is 175 Å². The van der Waals surface area contributed by atoms with E-state index >= 15 is 0 Å². The number of nitriles is 2. The van der Waals surface area contributed by atoms with E-state index in [9.17, 15) is 10.5 Å². The highest BCUT2D eigenvalue weighted by molar-refractivity contribution is 7.99. The molecule has 0 fully saturated rings. The highest BCUT2D eigenvalue weighted by Gasteiger charge is 2.20. The summed E-state index contributed by atoms with van der Waals surface area (Å²) in [6.07, 6.45) is 0. The van der Waals surface area contributed by atoms with Gasteiger partial charge in [0.05, 0.1) is 15.6 Å². The molecular formula is C20H9Cl3N2OS.